The van der Waals surface area contributed by atoms with E-state index in [2.05, 4.69) is 49.0 Å². The zero-order valence-corrected chi connectivity index (χ0v) is 28.1. The number of amides is 2. The molecular formula is C31H33Br2ClN6O4. The molecule has 0 saturated carbocycles. The first-order valence-electron chi connectivity index (χ1n) is 15.0. The van der Waals surface area contributed by atoms with Gasteiger partial charge in [-0.25, -0.2) is 0 Å². The number of imidazole rings is 1. The second kappa shape index (κ2) is 13.3. The molecule has 10 nitrogen and oxygen atoms in total. The highest BCUT2D eigenvalue weighted by atomic mass is 79.9. The first kappa shape index (κ1) is 31.2. The molecule has 0 bridgehead atoms. The maximum Gasteiger partial charge on any atom is 0.381 e. The third-order valence-electron chi connectivity index (χ3n) is 9.34. The molecule has 2 saturated heterocycles. The quantitative estimate of drug-likeness (QED) is 0.221. The van der Waals surface area contributed by atoms with Crippen LogP contribution in [0.1, 0.15) is 60.4 Å². The lowest BCUT2D eigenvalue weighted by Gasteiger charge is -2.38. The lowest BCUT2D eigenvalue weighted by Crippen LogP contribution is -2.43. The molecule has 6 rings (SSSR count). The number of halogens is 3. The smallest absolute Gasteiger partial charge is 0.358 e. The van der Waals surface area contributed by atoms with Crippen molar-refractivity contribution in [1.82, 2.24) is 24.3 Å². The third kappa shape index (κ3) is 6.72. The monoisotopic (exact) mass is 746 g/mol. The number of nitro groups is 1. The molecule has 1 aromatic carbocycles. The fraction of sp³-hybridized carbons (Fsp3) is 0.484. The zero-order valence-electron chi connectivity index (χ0n) is 24.1. The molecule has 0 N–H and O–H groups in total. The summed E-state index contributed by atoms with van der Waals surface area (Å²) in [7, 11) is 0. The van der Waals surface area contributed by atoms with E-state index in [0.717, 1.165) is 71.3 Å². The van der Waals surface area contributed by atoms with Gasteiger partial charge in [0, 0.05) is 58.7 Å². The van der Waals surface area contributed by atoms with Crippen LogP contribution in [-0.2, 0) is 29.0 Å². The predicted molar refractivity (Wildman–Crippen MR) is 172 cm³/mol. The van der Waals surface area contributed by atoms with Gasteiger partial charge in [-0.1, -0.05) is 27.5 Å². The highest BCUT2D eigenvalue weighted by molar-refractivity contribution is 9.10. The van der Waals surface area contributed by atoms with Gasteiger partial charge in [0.1, 0.15) is 12.7 Å². The number of pyridine rings is 1. The van der Waals surface area contributed by atoms with Crippen LogP contribution in [-0.4, -0.2) is 67.3 Å². The first-order chi connectivity index (χ1) is 21.2. The van der Waals surface area contributed by atoms with Crippen molar-refractivity contribution in [3.05, 3.63) is 83.4 Å². The van der Waals surface area contributed by atoms with Gasteiger partial charge in [-0.3, -0.25) is 14.6 Å². The van der Waals surface area contributed by atoms with Crippen LogP contribution in [0.2, 0.25) is 5.02 Å². The van der Waals surface area contributed by atoms with Crippen LogP contribution in [0.5, 0.6) is 0 Å². The van der Waals surface area contributed by atoms with Crippen LogP contribution in [0, 0.1) is 22.0 Å². The summed E-state index contributed by atoms with van der Waals surface area (Å²) in [5, 5.41) is 11.6. The van der Waals surface area contributed by atoms with E-state index in [0.29, 0.717) is 25.4 Å². The van der Waals surface area contributed by atoms with Crippen LogP contribution in [0.3, 0.4) is 0 Å². The highest BCUT2D eigenvalue weighted by Gasteiger charge is 2.37. The van der Waals surface area contributed by atoms with Gasteiger partial charge in [0.15, 0.2) is 0 Å². The number of nitrogens with zero attached hydrogens (tertiary/aromatic N) is 6. The maximum atomic E-state index is 13.4. The summed E-state index contributed by atoms with van der Waals surface area (Å²) < 4.78 is 3.45. The van der Waals surface area contributed by atoms with Gasteiger partial charge in [-0.2, -0.15) is 0 Å². The molecule has 4 heterocycles. The molecule has 0 radical (unpaired) electrons. The Morgan fingerprint density at radius 1 is 0.955 bits per heavy atom. The molecular weight excluding hydrogens is 716 g/mol. The van der Waals surface area contributed by atoms with Crippen LogP contribution in [0.4, 0.5) is 5.82 Å². The molecule has 0 unspecified atom stereocenters. The Hall–Kier alpha value is -2.83. The largest absolute Gasteiger partial charge is 0.381 e. The average Bonchev–Trinajstić information content (AvgIpc) is 3.41. The Kier molecular flexibility index (Phi) is 9.39. The van der Waals surface area contributed by atoms with E-state index in [1.807, 2.05) is 17.2 Å². The summed E-state index contributed by atoms with van der Waals surface area (Å²) in [6.45, 7) is 2.63. The van der Waals surface area contributed by atoms with Gasteiger partial charge in [0.25, 0.3) is 0 Å². The number of hydrogen-bond acceptors (Lipinski definition) is 6. The Morgan fingerprint density at radius 2 is 1.64 bits per heavy atom. The van der Waals surface area contributed by atoms with Crippen molar-refractivity contribution in [1.29, 1.82) is 0 Å². The Bertz CT molecular complexity index is 1580. The number of aryl methyl sites for hydroxylation is 2. The van der Waals surface area contributed by atoms with E-state index in [-0.39, 0.29) is 36.0 Å². The fourth-order valence-corrected chi connectivity index (χ4v) is 8.56. The van der Waals surface area contributed by atoms with Crippen molar-refractivity contribution in [2.45, 2.75) is 57.4 Å². The average molecular weight is 749 g/mol. The number of fused-ring (bicyclic) bond motifs is 2. The number of piperidine rings is 2. The summed E-state index contributed by atoms with van der Waals surface area (Å²) >= 11 is 13.9. The SMILES string of the molecule is O=C(CC1CCN(C(=O)Cn2cnc([N+](=O)[O-])c2)CC1)N1CCC([C@H]2c3ncc(Br)cc3CCc3cc(Cl)cc(Br)c32)CC1. The molecule has 232 valence electrons. The van der Waals surface area contributed by atoms with E-state index in [9.17, 15) is 19.7 Å². The molecule has 3 aromatic rings. The highest BCUT2D eigenvalue weighted by Crippen LogP contribution is 2.46. The minimum Gasteiger partial charge on any atom is -0.358 e. The Balaban J connectivity index is 1.05. The number of hydrogen-bond donors (Lipinski definition) is 0. The van der Waals surface area contributed by atoms with Crippen molar-refractivity contribution in [3.63, 3.8) is 0 Å². The fourth-order valence-electron chi connectivity index (χ4n) is 7.06. The van der Waals surface area contributed by atoms with Gasteiger partial charge in [0.2, 0.25) is 18.1 Å². The summed E-state index contributed by atoms with van der Waals surface area (Å²) in [5.74, 6) is 0.548. The summed E-state index contributed by atoms with van der Waals surface area (Å²) in [5.41, 5.74) is 4.93. The molecule has 2 amide bonds. The van der Waals surface area contributed by atoms with E-state index in [4.69, 9.17) is 16.6 Å². The van der Waals surface area contributed by atoms with E-state index < -0.39 is 4.92 Å². The van der Waals surface area contributed by atoms with Gasteiger partial charge >= 0.3 is 5.82 Å². The molecule has 44 heavy (non-hydrogen) atoms. The lowest BCUT2D eigenvalue weighted by molar-refractivity contribution is -0.389. The second-order valence-electron chi connectivity index (χ2n) is 12.0. The van der Waals surface area contributed by atoms with Crippen LogP contribution >= 0.6 is 43.5 Å². The van der Waals surface area contributed by atoms with E-state index >= 15 is 0 Å². The minimum atomic E-state index is -0.576. The zero-order chi connectivity index (χ0) is 31.0. The van der Waals surface area contributed by atoms with Crippen molar-refractivity contribution in [3.8, 4) is 0 Å². The lowest BCUT2D eigenvalue weighted by atomic mass is 9.76. The number of carbonyl (C=O) groups excluding carboxylic acids is 2. The van der Waals surface area contributed by atoms with Crippen molar-refractivity contribution >= 4 is 61.1 Å². The predicted octanol–water partition coefficient (Wildman–Crippen LogP) is 6.16. The number of rotatable bonds is 6. The number of benzene rings is 1. The van der Waals surface area contributed by atoms with Crippen molar-refractivity contribution in [2.24, 2.45) is 11.8 Å². The normalized spacial score (nSPS) is 19.3. The molecule has 2 aromatic heterocycles. The first-order valence-corrected chi connectivity index (χ1v) is 17.0. The molecule has 1 aliphatic carbocycles. The second-order valence-corrected chi connectivity index (χ2v) is 14.3. The van der Waals surface area contributed by atoms with Gasteiger partial charge in [-0.15, -0.1) is 0 Å². The van der Waals surface area contributed by atoms with Crippen LogP contribution in [0.15, 0.2) is 45.9 Å². The number of aromatic nitrogens is 3. The minimum absolute atomic E-state index is 0.0196. The van der Waals surface area contributed by atoms with E-state index in [1.165, 1.54) is 33.8 Å². The van der Waals surface area contributed by atoms with E-state index in [1.54, 1.807) is 4.90 Å². The van der Waals surface area contributed by atoms with Crippen molar-refractivity contribution < 1.29 is 14.5 Å². The Morgan fingerprint density at radius 3 is 2.34 bits per heavy atom. The number of carbonyl (C=O) groups is 2. The van der Waals surface area contributed by atoms with Gasteiger partial charge in [-0.05, 0) is 111 Å². The summed E-state index contributed by atoms with van der Waals surface area (Å²) in [6.07, 6.45) is 10.1. The molecule has 0 spiro atoms. The molecule has 2 fully saturated rings. The standard InChI is InChI=1S/C31H33Br2ClN6O4/c32-23-12-22-2-1-21-13-24(34)14-25(33)29(21)30(31(22)35-15-23)20-5-9-38(10-6-20)27(41)11-19-3-7-39(8-4-19)28(42)17-37-16-26(36-18-37)40(43)44/h12-16,18-20,30H,1-11,17H2/t30-/m1/s1. The molecule has 2 aliphatic heterocycles. The topological polar surface area (TPSA) is 114 Å². The Labute approximate surface area is 277 Å². The van der Waals surface area contributed by atoms with Crippen molar-refractivity contribution in [2.75, 3.05) is 26.2 Å². The van der Waals surface area contributed by atoms with Crippen LogP contribution in [0.25, 0.3) is 0 Å². The number of likely N-dealkylation sites (tertiary alicyclic amines) is 2. The van der Waals surface area contributed by atoms with Crippen LogP contribution < -0.4 is 0 Å². The molecule has 3 aliphatic rings. The summed E-state index contributed by atoms with van der Waals surface area (Å²) in [4.78, 5) is 48.8. The third-order valence-corrected chi connectivity index (χ3v) is 10.6. The molecule has 13 heteroatoms. The van der Waals surface area contributed by atoms with Gasteiger partial charge in [0.05, 0.1) is 5.69 Å². The molecule has 1 atom stereocenters. The summed E-state index contributed by atoms with van der Waals surface area (Å²) in [6, 6.07) is 6.27. The van der Waals surface area contributed by atoms with Gasteiger partial charge < -0.3 is 24.5 Å². The maximum absolute atomic E-state index is 13.4.